The highest BCUT2D eigenvalue weighted by molar-refractivity contribution is 5.94. The van der Waals surface area contributed by atoms with E-state index >= 15 is 0 Å². The third-order valence-electron chi connectivity index (χ3n) is 4.99. The molecule has 0 radical (unpaired) electrons. The van der Waals surface area contributed by atoms with Gasteiger partial charge in [0.2, 0.25) is 0 Å². The van der Waals surface area contributed by atoms with Gasteiger partial charge in [0.05, 0.1) is 12.8 Å². The van der Waals surface area contributed by atoms with Crippen LogP contribution in [0, 0.1) is 0 Å². The maximum Gasteiger partial charge on any atom is 0.159 e. The molecular formula is C25H30N2O4. The number of carbonyl (C=O) groups is 1. The van der Waals surface area contributed by atoms with E-state index in [4.69, 9.17) is 9.15 Å². The second-order valence-corrected chi connectivity index (χ2v) is 7.86. The van der Waals surface area contributed by atoms with Crippen molar-refractivity contribution < 1.29 is 19.1 Å². The van der Waals surface area contributed by atoms with E-state index in [1.165, 1.54) is 6.92 Å². The Morgan fingerprint density at radius 3 is 2.32 bits per heavy atom. The van der Waals surface area contributed by atoms with E-state index < -0.39 is 6.10 Å². The highest BCUT2D eigenvalue weighted by Gasteiger charge is 2.15. The van der Waals surface area contributed by atoms with Gasteiger partial charge in [-0.1, -0.05) is 12.1 Å². The Balaban J connectivity index is 1.59. The van der Waals surface area contributed by atoms with Gasteiger partial charge in [-0.05, 0) is 61.0 Å². The molecule has 1 heterocycles. The van der Waals surface area contributed by atoms with Crippen molar-refractivity contribution in [3.8, 4) is 5.75 Å². The zero-order valence-corrected chi connectivity index (χ0v) is 18.3. The lowest BCUT2D eigenvalue weighted by Crippen LogP contribution is -2.35. The molecule has 1 atom stereocenters. The smallest absolute Gasteiger partial charge is 0.159 e. The Kier molecular flexibility index (Phi) is 7.87. The number of ketones is 1. The molecule has 164 valence electrons. The number of nitrogens with zero attached hydrogens (tertiary/aromatic N) is 2. The van der Waals surface area contributed by atoms with Gasteiger partial charge < -0.3 is 19.2 Å². The number of furan rings is 1. The van der Waals surface area contributed by atoms with Crippen molar-refractivity contribution in [2.75, 3.05) is 32.1 Å². The molecule has 31 heavy (non-hydrogen) atoms. The van der Waals surface area contributed by atoms with Crippen LogP contribution < -0.4 is 9.64 Å². The average molecular weight is 423 g/mol. The van der Waals surface area contributed by atoms with Gasteiger partial charge in [0.25, 0.3) is 0 Å². The van der Waals surface area contributed by atoms with Crippen molar-refractivity contribution in [1.29, 1.82) is 0 Å². The van der Waals surface area contributed by atoms with Crippen LogP contribution in [0.2, 0.25) is 0 Å². The summed E-state index contributed by atoms with van der Waals surface area (Å²) in [5.74, 6) is 1.48. The Morgan fingerprint density at radius 1 is 1.03 bits per heavy atom. The van der Waals surface area contributed by atoms with Crippen LogP contribution in [-0.4, -0.2) is 49.1 Å². The molecule has 3 aromatic rings. The zero-order valence-electron chi connectivity index (χ0n) is 18.3. The summed E-state index contributed by atoms with van der Waals surface area (Å²) in [5.41, 5.74) is 2.94. The van der Waals surface area contributed by atoms with E-state index in [1.54, 1.807) is 30.5 Å². The third-order valence-corrected chi connectivity index (χ3v) is 4.99. The van der Waals surface area contributed by atoms with Gasteiger partial charge in [0.15, 0.2) is 5.78 Å². The first-order valence-electron chi connectivity index (χ1n) is 10.3. The predicted octanol–water partition coefficient (Wildman–Crippen LogP) is 3.99. The van der Waals surface area contributed by atoms with E-state index in [9.17, 15) is 9.90 Å². The van der Waals surface area contributed by atoms with Crippen LogP contribution in [0.1, 0.15) is 28.6 Å². The van der Waals surface area contributed by atoms with Crippen molar-refractivity contribution in [1.82, 2.24) is 4.90 Å². The second kappa shape index (κ2) is 10.8. The Labute approximate surface area is 183 Å². The first kappa shape index (κ1) is 22.6. The molecule has 1 aromatic heterocycles. The minimum absolute atomic E-state index is 0.0127. The van der Waals surface area contributed by atoms with Crippen molar-refractivity contribution in [3.63, 3.8) is 0 Å². The lowest BCUT2D eigenvalue weighted by Gasteiger charge is -2.25. The fraction of sp³-hybridized carbons (Fsp3) is 0.320. The molecule has 6 nitrogen and oxygen atoms in total. The summed E-state index contributed by atoms with van der Waals surface area (Å²) < 4.78 is 11.2. The summed E-state index contributed by atoms with van der Waals surface area (Å²) in [6.07, 6.45) is 0.979. The largest absolute Gasteiger partial charge is 0.491 e. The normalized spacial score (nSPS) is 12.0. The van der Waals surface area contributed by atoms with Crippen LogP contribution >= 0.6 is 0 Å². The van der Waals surface area contributed by atoms with E-state index in [2.05, 4.69) is 34.1 Å². The summed E-state index contributed by atoms with van der Waals surface area (Å²) in [4.78, 5) is 15.6. The van der Waals surface area contributed by atoms with Gasteiger partial charge in [-0.2, -0.15) is 0 Å². The van der Waals surface area contributed by atoms with Gasteiger partial charge >= 0.3 is 0 Å². The quantitative estimate of drug-likeness (QED) is 0.472. The Hall–Kier alpha value is -3.09. The van der Waals surface area contributed by atoms with Gasteiger partial charge in [0.1, 0.15) is 24.2 Å². The molecule has 0 aliphatic carbocycles. The molecule has 0 aliphatic rings. The topological polar surface area (TPSA) is 66.2 Å². The SMILES string of the molecule is CC(=O)c1ccc(OCC(O)CN(Cc2ccc(N(C)C)cc2)Cc2ccco2)cc1. The molecule has 0 aliphatic heterocycles. The summed E-state index contributed by atoms with van der Waals surface area (Å²) in [5, 5.41) is 10.6. The number of ether oxygens (including phenoxy) is 1. The summed E-state index contributed by atoms with van der Waals surface area (Å²) in [7, 11) is 4.03. The minimum atomic E-state index is -0.677. The summed E-state index contributed by atoms with van der Waals surface area (Å²) >= 11 is 0. The number of Topliss-reactive ketones (excluding diaryl/α,β-unsaturated/α-hetero) is 1. The van der Waals surface area contributed by atoms with E-state index in [-0.39, 0.29) is 12.4 Å². The first-order chi connectivity index (χ1) is 14.9. The maximum atomic E-state index is 11.4. The Morgan fingerprint density at radius 2 is 1.74 bits per heavy atom. The fourth-order valence-corrected chi connectivity index (χ4v) is 3.29. The monoisotopic (exact) mass is 422 g/mol. The molecule has 0 bridgehead atoms. The molecule has 2 aromatic carbocycles. The maximum absolute atomic E-state index is 11.4. The minimum Gasteiger partial charge on any atom is -0.491 e. The number of anilines is 1. The summed E-state index contributed by atoms with van der Waals surface area (Å²) in [6.45, 7) is 3.39. The van der Waals surface area contributed by atoms with Crippen LogP contribution in [0.3, 0.4) is 0 Å². The predicted molar refractivity (Wildman–Crippen MR) is 122 cm³/mol. The first-order valence-corrected chi connectivity index (χ1v) is 10.3. The van der Waals surface area contributed by atoms with Crippen molar-refractivity contribution in [2.24, 2.45) is 0 Å². The molecule has 1 N–H and O–H groups in total. The zero-order chi connectivity index (χ0) is 22.2. The molecule has 0 saturated heterocycles. The van der Waals surface area contributed by atoms with E-state index in [0.29, 0.717) is 30.9 Å². The van der Waals surface area contributed by atoms with Crippen LogP contribution in [0.4, 0.5) is 5.69 Å². The number of aliphatic hydroxyl groups is 1. The van der Waals surface area contributed by atoms with Gasteiger partial charge in [0, 0.05) is 38.4 Å². The molecule has 0 saturated carbocycles. The van der Waals surface area contributed by atoms with Gasteiger partial charge in [-0.15, -0.1) is 0 Å². The van der Waals surface area contributed by atoms with Crippen molar-refractivity contribution >= 4 is 11.5 Å². The van der Waals surface area contributed by atoms with Crippen molar-refractivity contribution in [3.05, 3.63) is 83.8 Å². The fourth-order valence-electron chi connectivity index (χ4n) is 3.29. The van der Waals surface area contributed by atoms with Crippen molar-refractivity contribution in [2.45, 2.75) is 26.1 Å². The number of aliphatic hydroxyl groups excluding tert-OH is 1. The molecular weight excluding hydrogens is 392 g/mol. The molecule has 1 unspecified atom stereocenters. The van der Waals surface area contributed by atoms with Crippen LogP contribution in [0.5, 0.6) is 5.75 Å². The third kappa shape index (κ3) is 6.98. The van der Waals surface area contributed by atoms with Crippen LogP contribution in [0.15, 0.2) is 71.3 Å². The van der Waals surface area contributed by atoms with Gasteiger partial charge in [-0.3, -0.25) is 9.69 Å². The number of rotatable bonds is 11. The van der Waals surface area contributed by atoms with E-state index in [1.807, 2.05) is 26.2 Å². The van der Waals surface area contributed by atoms with Crippen LogP contribution in [-0.2, 0) is 13.1 Å². The molecule has 6 heteroatoms. The molecule has 0 fully saturated rings. The highest BCUT2D eigenvalue weighted by Crippen LogP contribution is 2.17. The standard InChI is InChI=1S/C25H30N2O4/c1-19(28)21-8-12-24(13-9-21)31-18-23(29)16-27(17-25-5-4-14-30-25)15-20-6-10-22(11-7-20)26(2)3/h4-14,23,29H,15-18H2,1-3H3. The van der Waals surface area contributed by atoms with E-state index in [0.717, 1.165) is 17.0 Å². The highest BCUT2D eigenvalue weighted by atomic mass is 16.5. The van der Waals surface area contributed by atoms with Gasteiger partial charge in [-0.25, -0.2) is 0 Å². The second-order valence-electron chi connectivity index (χ2n) is 7.86. The summed E-state index contributed by atoms with van der Waals surface area (Å²) in [6, 6.07) is 19.1. The number of benzene rings is 2. The molecule has 0 spiro atoms. The lowest BCUT2D eigenvalue weighted by molar-refractivity contribution is 0.0604. The number of hydrogen-bond donors (Lipinski definition) is 1. The van der Waals surface area contributed by atoms with Crippen LogP contribution in [0.25, 0.3) is 0 Å². The lowest BCUT2D eigenvalue weighted by atomic mass is 10.1. The Bertz CT molecular complexity index is 935. The number of hydrogen-bond acceptors (Lipinski definition) is 6. The molecule has 0 amide bonds. The number of carbonyl (C=O) groups excluding carboxylic acids is 1. The molecule has 3 rings (SSSR count). The average Bonchev–Trinajstić information content (AvgIpc) is 3.26.